The third-order valence-corrected chi connectivity index (χ3v) is 8.87. The van der Waals surface area contributed by atoms with E-state index in [0.29, 0.717) is 6.42 Å². The van der Waals surface area contributed by atoms with Gasteiger partial charge in [0.2, 0.25) is 0 Å². The van der Waals surface area contributed by atoms with Gasteiger partial charge in [0.25, 0.3) is 0 Å². The average Bonchev–Trinajstić information content (AvgIpc) is 2.75. The third-order valence-electron chi connectivity index (χ3n) is 8.87. The number of carbonyl (C=O) groups is 2. The zero-order valence-electron chi connectivity index (χ0n) is 16.4. The molecule has 2 bridgehead atoms. The first-order valence-corrected chi connectivity index (χ1v) is 10.1. The van der Waals surface area contributed by atoms with E-state index in [-0.39, 0.29) is 30.3 Å². The summed E-state index contributed by atoms with van der Waals surface area (Å²) in [4.78, 5) is 25.0. The highest BCUT2D eigenvalue weighted by atomic mass is 16.7. The lowest BCUT2D eigenvalue weighted by Gasteiger charge is -2.65. The van der Waals surface area contributed by atoms with Gasteiger partial charge in [0.05, 0.1) is 12.2 Å². The summed E-state index contributed by atoms with van der Waals surface area (Å²) in [5, 5.41) is 41.5. The van der Waals surface area contributed by atoms with Crippen molar-refractivity contribution >= 4 is 11.9 Å². The summed E-state index contributed by atoms with van der Waals surface area (Å²) < 4.78 is 5.27. The van der Waals surface area contributed by atoms with E-state index in [0.717, 1.165) is 19.3 Å². The van der Waals surface area contributed by atoms with Gasteiger partial charge in [0.1, 0.15) is 11.5 Å². The summed E-state index contributed by atoms with van der Waals surface area (Å²) >= 11 is 0. The summed E-state index contributed by atoms with van der Waals surface area (Å²) in [5.41, 5.74) is -2.09. The molecule has 156 valence electrons. The van der Waals surface area contributed by atoms with Gasteiger partial charge in [-0.25, -0.2) is 4.79 Å². The number of carboxylic acid groups (broad SMARTS) is 1. The van der Waals surface area contributed by atoms with Gasteiger partial charge in [-0.15, -0.1) is 0 Å². The molecule has 4 saturated carbocycles. The van der Waals surface area contributed by atoms with Gasteiger partial charge in [-0.1, -0.05) is 26.8 Å². The predicted molar refractivity (Wildman–Crippen MR) is 98.3 cm³/mol. The van der Waals surface area contributed by atoms with Crippen LogP contribution in [0.4, 0.5) is 4.79 Å². The lowest BCUT2D eigenvalue weighted by molar-refractivity contribution is -0.243. The number of carbonyl (C=O) groups excluding carboxylic acids is 1. The Morgan fingerprint density at radius 1 is 1.21 bits per heavy atom. The second-order valence-corrected chi connectivity index (χ2v) is 9.95. The zero-order valence-corrected chi connectivity index (χ0v) is 16.4. The lowest BCUT2D eigenvalue weighted by atomic mass is 9.39. The largest absolute Gasteiger partial charge is 0.506 e. The molecule has 0 amide bonds. The summed E-state index contributed by atoms with van der Waals surface area (Å²) in [5.74, 6) is -1.68. The first kappa shape index (κ1) is 19.9. The number of aliphatic hydroxyl groups excluding tert-OH is 3. The highest BCUT2D eigenvalue weighted by Gasteiger charge is 2.76. The molecule has 0 aromatic carbocycles. The van der Waals surface area contributed by atoms with Crippen LogP contribution in [-0.4, -0.2) is 57.3 Å². The third kappa shape index (κ3) is 2.15. The molecular formula is C21H30O7. The van der Waals surface area contributed by atoms with Gasteiger partial charge in [0, 0.05) is 12.5 Å². The van der Waals surface area contributed by atoms with E-state index in [2.05, 4.69) is 13.5 Å². The topological polar surface area (TPSA) is 124 Å². The molecule has 9 atom stereocenters. The van der Waals surface area contributed by atoms with Crippen molar-refractivity contribution in [3.63, 3.8) is 0 Å². The molecule has 4 fully saturated rings. The summed E-state index contributed by atoms with van der Waals surface area (Å²) in [6.45, 7) is 7.87. The summed E-state index contributed by atoms with van der Waals surface area (Å²) in [6.07, 6.45) is -1.60. The standard InChI is InChI=1S/C21H30O7/c1-10-15-11(23)7-13-20(3)6-4-5-19(2,9-22)12(20)8-14(28-18(26)27)21(13,16(10)24)17(15)25/h11-15,17,22-23,25H,1,4-9H2,2-3H3,(H,26,27)/t11-,12+,13-,14+,15+,17+,19+,20+,21-/m0/s1. The minimum Gasteiger partial charge on any atom is -0.450 e. The van der Waals surface area contributed by atoms with Crippen LogP contribution < -0.4 is 0 Å². The molecule has 0 heterocycles. The normalized spacial score (nSPS) is 52.8. The average molecular weight is 394 g/mol. The maximum Gasteiger partial charge on any atom is 0.506 e. The fourth-order valence-electron chi connectivity index (χ4n) is 7.67. The molecule has 7 nitrogen and oxygen atoms in total. The smallest absolute Gasteiger partial charge is 0.450 e. The summed E-state index contributed by atoms with van der Waals surface area (Å²) in [7, 11) is 0. The van der Waals surface area contributed by atoms with Crippen LogP contribution in [0.1, 0.15) is 46.0 Å². The molecule has 28 heavy (non-hydrogen) atoms. The van der Waals surface area contributed by atoms with E-state index in [1.54, 1.807) is 0 Å². The van der Waals surface area contributed by atoms with Crippen LogP contribution in [0, 0.1) is 34.0 Å². The molecule has 4 aliphatic carbocycles. The number of Topliss-reactive ketones (excluding diaryl/α,β-unsaturated/α-hetero) is 1. The molecule has 0 aromatic heterocycles. The van der Waals surface area contributed by atoms with Crippen LogP contribution in [0.5, 0.6) is 0 Å². The zero-order chi connectivity index (χ0) is 20.6. The Morgan fingerprint density at radius 3 is 2.50 bits per heavy atom. The predicted octanol–water partition coefficient (Wildman–Crippen LogP) is 1.74. The molecule has 7 heteroatoms. The van der Waals surface area contributed by atoms with E-state index in [9.17, 15) is 30.0 Å². The van der Waals surface area contributed by atoms with Crippen LogP contribution in [0.3, 0.4) is 0 Å². The Kier molecular flexibility index (Phi) is 4.28. The maximum atomic E-state index is 13.4. The lowest BCUT2D eigenvalue weighted by Crippen LogP contribution is -2.69. The number of ketones is 1. The number of hydrogen-bond acceptors (Lipinski definition) is 6. The van der Waals surface area contributed by atoms with Gasteiger partial charge in [0.15, 0.2) is 5.78 Å². The SMILES string of the molecule is C=C1C(=O)[C@]23[C@H](O)[C@H]1[C@@H](O)C[C@H]2[C@]1(C)CCC[C@](C)(CO)[C@H]1C[C@H]3OC(=O)O. The second kappa shape index (κ2) is 6.03. The Morgan fingerprint density at radius 2 is 1.89 bits per heavy atom. The van der Waals surface area contributed by atoms with Crippen molar-refractivity contribution in [2.45, 2.75) is 64.3 Å². The Labute approximate surface area is 164 Å². The maximum absolute atomic E-state index is 13.4. The fourth-order valence-corrected chi connectivity index (χ4v) is 7.67. The van der Waals surface area contributed by atoms with Crippen LogP contribution >= 0.6 is 0 Å². The van der Waals surface area contributed by atoms with Gasteiger partial charge >= 0.3 is 6.16 Å². The molecule has 0 unspecified atom stereocenters. The van der Waals surface area contributed by atoms with E-state index < -0.39 is 52.5 Å². The molecule has 0 radical (unpaired) electrons. The van der Waals surface area contributed by atoms with Crippen molar-refractivity contribution in [2.24, 2.45) is 34.0 Å². The molecule has 1 spiro atoms. The first-order chi connectivity index (χ1) is 13.0. The Balaban J connectivity index is 1.92. The van der Waals surface area contributed by atoms with Gasteiger partial charge in [-0.2, -0.15) is 0 Å². The van der Waals surface area contributed by atoms with Crippen molar-refractivity contribution in [3.8, 4) is 0 Å². The molecule has 0 aromatic rings. The molecule has 4 aliphatic rings. The monoisotopic (exact) mass is 394 g/mol. The van der Waals surface area contributed by atoms with E-state index in [1.165, 1.54) is 0 Å². The number of hydrogen-bond donors (Lipinski definition) is 4. The van der Waals surface area contributed by atoms with E-state index in [4.69, 9.17) is 4.74 Å². The molecular weight excluding hydrogens is 364 g/mol. The highest BCUT2D eigenvalue weighted by molar-refractivity contribution is 6.04. The molecule has 0 aliphatic heterocycles. The fraction of sp³-hybridized carbons (Fsp3) is 0.810. The van der Waals surface area contributed by atoms with Crippen LogP contribution in [0.2, 0.25) is 0 Å². The number of aliphatic hydroxyl groups is 3. The molecule has 4 rings (SSSR count). The van der Waals surface area contributed by atoms with E-state index in [1.807, 2.05) is 6.92 Å². The Hall–Kier alpha value is -1.44. The number of ether oxygens (including phenoxy) is 1. The first-order valence-electron chi connectivity index (χ1n) is 10.1. The van der Waals surface area contributed by atoms with Crippen molar-refractivity contribution in [1.29, 1.82) is 0 Å². The number of rotatable bonds is 2. The Bertz CT molecular complexity index is 734. The van der Waals surface area contributed by atoms with Crippen LogP contribution in [-0.2, 0) is 9.53 Å². The van der Waals surface area contributed by atoms with Crippen LogP contribution in [0.25, 0.3) is 0 Å². The quantitative estimate of drug-likeness (QED) is 0.415. The van der Waals surface area contributed by atoms with Crippen molar-refractivity contribution in [3.05, 3.63) is 12.2 Å². The molecule has 0 saturated heterocycles. The van der Waals surface area contributed by atoms with Crippen LogP contribution in [0.15, 0.2) is 12.2 Å². The minimum absolute atomic E-state index is 0.0405. The highest BCUT2D eigenvalue weighted by Crippen LogP contribution is 2.71. The van der Waals surface area contributed by atoms with Gasteiger partial charge < -0.3 is 25.2 Å². The van der Waals surface area contributed by atoms with E-state index >= 15 is 0 Å². The summed E-state index contributed by atoms with van der Waals surface area (Å²) in [6, 6.07) is 0. The van der Waals surface area contributed by atoms with Crippen molar-refractivity contribution in [2.75, 3.05) is 6.61 Å². The van der Waals surface area contributed by atoms with Crippen molar-refractivity contribution in [1.82, 2.24) is 0 Å². The second-order valence-electron chi connectivity index (χ2n) is 9.95. The number of fused-ring (bicyclic) bond motifs is 3. The van der Waals surface area contributed by atoms with Gasteiger partial charge in [-0.05, 0) is 53.9 Å². The minimum atomic E-state index is -1.48. The molecule has 4 N–H and O–H groups in total. The van der Waals surface area contributed by atoms with Gasteiger partial charge in [-0.3, -0.25) is 4.79 Å². The van der Waals surface area contributed by atoms with Crippen molar-refractivity contribution < 1.29 is 34.8 Å².